The molecule has 0 atom stereocenters. The van der Waals surface area contributed by atoms with Crippen molar-refractivity contribution in [2.75, 3.05) is 6.61 Å². The Labute approximate surface area is 103 Å². The number of pyridine rings is 1. The summed E-state index contributed by atoms with van der Waals surface area (Å²) in [5.74, 6) is 0.191. The van der Waals surface area contributed by atoms with E-state index in [4.69, 9.17) is 4.74 Å². The zero-order valence-electron chi connectivity index (χ0n) is 9.79. The zero-order chi connectivity index (χ0) is 13.2. The van der Waals surface area contributed by atoms with Gasteiger partial charge in [0.2, 0.25) is 0 Å². The molecule has 0 unspecified atom stereocenters. The summed E-state index contributed by atoms with van der Waals surface area (Å²) in [5.41, 5.74) is 1.18. The topological polar surface area (TPSA) is 36.2 Å². The van der Waals surface area contributed by atoms with Gasteiger partial charge < -0.3 is 9.94 Å². The van der Waals surface area contributed by atoms with Crippen molar-refractivity contribution >= 4 is 0 Å². The molecule has 0 radical (unpaired) electrons. The number of rotatable bonds is 2. The van der Waals surface area contributed by atoms with Crippen molar-refractivity contribution in [2.45, 2.75) is 38.3 Å². The molecule has 100 valence electrons. The quantitative estimate of drug-likeness (QED) is 0.466. The second-order valence-corrected chi connectivity index (χ2v) is 4.40. The second kappa shape index (κ2) is 5.04. The molecular weight excluding hydrogens is 247 g/mol. The summed E-state index contributed by atoms with van der Waals surface area (Å²) in [6.45, 7) is -1.32. The van der Waals surface area contributed by atoms with E-state index in [9.17, 15) is 18.4 Å². The van der Waals surface area contributed by atoms with E-state index in [-0.39, 0.29) is 5.75 Å². The molecule has 2 rings (SSSR count). The number of hydrogen-bond donors (Lipinski definition) is 0. The average Bonchev–Trinajstić information content (AvgIpc) is 2.53. The Balaban J connectivity index is 2.25. The van der Waals surface area contributed by atoms with Crippen molar-refractivity contribution in [1.29, 1.82) is 0 Å². The lowest BCUT2D eigenvalue weighted by atomic mass is 10.1. The molecule has 0 amide bonds. The number of fused-ring (bicyclic) bond motifs is 1. The number of halogens is 3. The summed E-state index contributed by atoms with van der Waals surface area (Å²) >= 11 is 0. The van der Waals surface area contributed by atoms with Crippen LogP contribution >= 0.6 is 0 Å². The zero-order valence-corrected chi connectivity index (χ0v) is 9.79. The predicted molar refractivity (Wildman–Crippen MR) is 58.2 cm³/mol. The number of alkyl halides is 3. The van der Waals surface area contributed by atoms with Crippen molar-refractivity contribution < 1.29 is 22.6 Å². The van der Waals surface area contributed by atoms with Crippen LogP contribution in [0.3, 0.4) is 0 Å². The van der Waals surface area contributed by atoms with Crippen molar-refractivity contribution in [1.82, 2.24) is 0 Å². The first-order valence-corrected chi connectivity index (χ1v) is 5.91. The molecule has 1 heterocycles. The number of ether oxygens (including phenoxy) is 1. The highest BCUT2D eigenvalue weighted by Gasteiger charge is 2.30. The van der Waals surface area contributed by atoms with Gasteiger partial charge in [0.15, 0.2) is 18.5 Å². The van der Waals surface area contributed by atoms with Crippen LogP contribution < -0.4 is 9.47 Å². The molecule has 1 aliphatic carbocycles. The van der Waals surface area contributed by atoms with E-state index in [1.807, 2.05) is 0 Å². The number of hydrogen-bond acceptors (Lipinski definition) is 2. The molecule has 0 saturated heterocycles. The van der Waals surface area contributed by atoms with Crippen LogP contribution in [0.2, 0.25) is 0 Å². The van der Waals surface area contributed by atoms with E-state index in [1.165, 1.54) is 12.3 Å². The first-order valence-electron chi connectivity index (χ1n) is 5.91. The minimum Gasteiger partial charge on any atom is -0.618 e. The van der Waals surface area contributed by atoms with Gasteiger partial charge in [-0.25, -0.2) is 0 Å². The van der Waals surface area contributed by atoms with Gasteiger partial charge in [0, 0.05) is 12.5 Å². The smallest absolute Gasteiger partial charge is 0.422 e. The van der Waals surface area contributed by atoms with Gasteiger partial charge in [-0.2, -0.15) is 17.9 Å². The third-order valence-corrected chi connectivity index (χ3v) is 3.00. The van der Waals surface area contributed by atoms with Crippen LogP contribution in [0.25, 0.3) is 0 Å². The lowest BCUT2D eigenvalue weighted by molar-refractivity contribution is -0.614. The Hall–Kier alpha value is -1.46. The maximum atomic E-state index is 12.1. The fourth-order valence-corrected chi connectivity index (χ4v) is 2.20. The van der Waals surface area contributed by atoms with E-state index < -0.39 is 12.8 Å². The first kappa shape index (κ1) is 13.0. The van der Waals surface area contributed by atoms with Gasteiger partial charge in [-0.05, 0) is 19.3 Å². The molecule has 1 aromatic heterocycles. The number of aromatic nitrogens is 1. The molecule has 1 aliphatic rings. The number of nitrogens with zero attached hydrogens (tertiary/aromatic N) is 1. The summed E-state index contributed by atoms with van der Waals surface area (Å²) < 4.78 is 42.0. The maximum Gasteiger partial charge on any atom is 0.422 e. The highest BCUT2D eigenvalue weighted by atomic mass is 19.4. The van der Waals surface area contributed by atoms with Crippen molar-refractivity contribution in [3.8, 4) is 5.75 Å². The first-order chi connectivity index (χ1) is 8.47. The standard InChI is InChI=1S/C12H14F3NO2/c13-12(14,15)8-18-11-6-7-16(17)10-5-3-1-2-4-9(10)11/h6-7H,1-5,8H2. The minimum absolute atomic E-state index is 0.191. The molecule has 18 heavy (non-hydrogen) atoms. The lowest BCUT2D eigenvalue weighted by Gasteiger charge is -2.14. The Morgan fingerprint density at radius 2 is 1.94 bits per heavy atom. The Morgan fingerprint density at radius 1 is 1.22 bits per heavy atom. The van der Waals surface area contributed by atoms with Gasteiger partial charge in [0.25, 0.3) is 0 Å². The van der Waals surface area contributed by atoms with Crippen LogP contribution in [0.4, 0.5) is 13.2 Å². The van der Waals surface area contributed by atoms with Crippen molar-refractivity contribution in [3.05, 3.63) is 28.7 Å². The third-order valence-electron chi connectivity index (χ3n) is 3.00. The molecule has 1 aromatic rings. The van der Waals surface area contributed by atoms with E-state index in [0.717, 1.165) is 24.0 Å². The summed E-state index contributed by atoms with van der Waals surface area (Å²) in [5, 5.41) is 11.6. The summed E-state index contributed by atoms with van der Waals surface area (Å²) in [7, 11) is 0. The SMILES string of the molecule is [O-][n+]1ccc(OCC(F)(F)F)c2c1CCCCC2. The van der Waals surface area contributed by atoms with Crippen LogP contribution in [0.5, 0.6) is 5.75 Å². The van der Waals surface area contributed by atoms with Gasteiger partial charge in [0.1, 0.15) is 5.75 Å². The van der Waals surface area contributed by atoms with Gasteiger partial charge >= 0.3 is 6.18 Å². The third kappa shape index (κ3) is 3.05. The Bertz CT molecular complexity index is 432. The molecule has 0 spiro atoms. The lowest BCUT2D eigenvalue weighted by Crippen LogP contribution is -2.33. The van der Waals surface area contributed by atoms with Crippen LogP contribution in [-0.4, -0.2) is 12.8 Å². The molecular formula is C12H14F3NO2. The highest BCUT2D eigenvalue weighted by molar-refractivity contribution is 5.34. The molecule has 0 aromatic carbocycles. The van der Waals surface area contributed by atoms with Crippen LogP contribution in [0, 0.1) is 5.21 Å². The van der Waals surface area contributed by atoms with Crippen LogP contribution in [0.1, 0.15) is 30.5 Å². The van der Waals surface area contributed by atoms with Gasteiger partial charge in [-0.3, -0.25) is 0 Å². The summed E-state index contributed by atoms with van der Waals surface area (Å²) in [6.07, 6.45) is 0.801. The van der Waals surface area contributed by atoms with E-state index in [2.05, 4.69) is 0 Å². The molecule has 3 nitrogen and oxygen atoms in total. The van der Waals surface area contributed by atoms with Gasteiger partial charge in [0.05, 0.1) is 5.56 Å². The van der Waals surface area contributed by atoms with Crippen molar-refractivity contribution in [3.63, 3.8) is 0 Å². The molecule has 6 heteroatoms. The molecule has 0 N–H and O–H groups in total. The fourth-order valence-electron chi connectivity index (χ4n) is 2.20. The molecule has 0 fully saturated rings. The maximum absolute atomic E-state index is 12.1. The minimum atomic E-state index is -4.36. The normalized spacial score (nSPS) is 15.9. The van der Waals surface area contributed by atoms with Gasteiger partial charge in [-0.1, -0.05) is 6.42 Å². The van der Waals surface area contributed by atoms with E-state index in [0.29, 0.717) is 24.1 Å². The Kier molecular flexibility index (Phi) is 3.63. The highest BCUT2D eigenvalue weighted by Crippen LogP contribution is 2.28. The molecule has 0 saturated carbocycles. The van der Waals surface area contributed by atoms with E-state index >= 15 is 0 Å². The van der Waals surface area contributed by atoms with Crippen molar-refractivity contribution in [2.24, 2.45) is 0 Å². The average molecular weight is 261 g/mol. The predicted octanol–water partition coefficient (Wildman–Crippen LogP) is 2.53. The van der Waals surface area contributed by atoms with Crippen LogP contribution in [0.15, 0.2) is 12.3 Å². The van der Waals surface area contributed by atoms with Crippen LogP contribution in [-0.2, 0) is 12.8 Å². The summed E-state index contributed by atoms with van der Waals surface area (Å²) in [4.78, 5) is 0. The summed E-state index contributed by atoms with van der Waals surface area (Å²) in [6, 6.07) is 1.32. The monoisotopic (exact) mass is 261 g/mol. The van der Waals surface area contributed by atoms with E-state index in [1.54, 1.807) is 0 Å². The molecule has 0 aliphatic heterocycles. The Morgan fingerprint density at radius 3 is 2.67 bits per heavy atom. The largest absolute Gasteiger partial charge is 0.618 e. The molecule has 0 bridgehead atoms. The second-order valence-electron chi connectivity index (χ2n) is 4.40. The van der Waals surface area contributed by atoms with Gasteiger partial charge in [-0.15, -0.1) is 0 Å². The fraction of sp³-hybridized carbons (Fsp3) is 0.583.